The molecule has 0 bridgehead atoms. The molecule has 2 N–H and O–H groups in total. The minimum atomic E-state index is 0. The maximum atomic E-state index is 5.35. The molecule has 2 aromatic rings. The summed E-state index contributed by atoms with van der Waals surface area (Å²) >= 11 is 0. The fraction of sp³-hybridized carbons (Fsp3) is 0.400. The number of guanidine groups is 1. The molecule has 0 unspecified atom stereocenters. The van der Waals surface area contributed by atoms with Gasteiger partial charge in [-0.25, -0.2) is 0 Å². The van der Waals surface area contributed by atoms with Gasteiger partial charge in [-0.15, -0.1) is 24.0 Å². The number of aromatic nitrogens is 2. The summed E-state index contributed by atoms with van der Waals surface area (Å²) < 4.78 is 7.28. The molecule has 27 heavy (non-hydrogen) atoms. The Kier molecular flexibility index (Phi) is 9.34. The molecule has 1 aromatic heterocycles. The van der Waals surface area contributed by atoms with Crippen molar-refractivity contribution in [2.75, 3.05) is 26.8 Å². The van der Waals surface area contributed by atoms with Gasteiger partial charge >= 0.3 is 0 Å². The summed E-state index contributed by atoms with van der Waals surface area (Å²) in [5.41, 5.74) is 3.97. The summed E-state index contributed by atoms with van der Waals surface area (Å²) in [7, 11) is 1.80. The van der Waals surface area contributed by atoms with Gasteiger partial charge in [-0.1, -0.05) is 35.9 Å². The number of nitrogens with zero attached hydrogens (tertiary/aromatic N) is 3. The van der Waals surface area contributed by atoms with Crippen LogP contribution in [0.15, 0.2) is 59.4 Å². The molecule has 6 nitrogen and oxygen atoms in total. The molecule has 1 aliphatic rings. The highest BCUT2D eigenvalue weighted by Crippen LogP contribution is 2.11. The van der Waals surface area contributed by atoms with Crippen LogP contribution in [0.1, 0.15) is 24.0 Å². The van der Waals surface area contributed by atoms with E-state index >= 15 is 0 Å². The SMILES string of the molecule is CN=C(NCCC1=CCOCC1)NCc1ccccc1Cn1cccn1.I. The molecule has 0 radical (unpaired) electrons. The zero-order valence-electron chi connectivity index (χ0n) is 15.7. The third-order valence-corrected chi connectivity index (χ3v) is 4.48. The highest BCUT2D eigenvalue weighted by molar-refractivity contribution is 14.0. The molecule has 3 rings (SSSR count). The average Bonchev–Trinajstić information content (AvgIpc) is 3.19. The van der Waals surface area contributed by atoms with Crippen LogP contribution in [0.3, 0.4) is 0 Å². The minimum absolute atomic E-state index is 0. The van der Waals surface area contributed by atoms with Gasteiger partial charge in [-0.2, -0.15) is 5.10 Å². The van der Waals surface area contributed by atoms with Crippen LogP contribution >= 0.6 is 24.0 Å². The molecule has 0 aliphatic carbocycles. The van der Waals surface area contributed by atoms with E-state index in [2.05, 4.69) is 51.1 Å². The molecular weight excluding hydrogens is 453 g/mol. The van der Waals surface area contributed by atoms with E-state index in [0.29, 0.717) is 0 Å². The quantitative estimate of drug-likeness (QED) is 0.276. The fourth-order valence-electron chi connectivity index (χ4n) is 2.99. The van der Waals surface area contributed by atoms with Crippen molar-refractivity contribution in [1.82, 2.24) is 20.4 Å². The van der Waals surface area contributed by atoms with Crippen LogP contribution < -0.4 is 10.6 Å². The monoisotopic (exact) mass is 481 g/mol. The van der Waals surface area contributed by atoms with Gasteiger partial charge in [0.15, 0.2) is 5.96 Å². The van der Waals surface area contributed by atoms with Crippen LogP contribution in [0.25, 0.3) is 0 Å². The second-order valence-electron chi connectivity index (χ2n) is 6.26. The molecule has 2 heterocycles. The van der Waals surface area contributed by atoms with Crippen molar-refractivity contribution < 1.29 is 4.74 Å². The third kappa shape index (κ3) is 6.99. The minimum Gasteiger partial charge on any atom is -0.377 e. The highest BCUT2D eigenvalue weighted by atomic mass is 127. The lowest BCUT2D eigenvalue weighted by Crippen LogP contribution is -2.37. The number of aliphatic imine (C=N–C) groups is 1. The van der Waals surface area contributed by atoms with E-state index in [4.69, 9.17) is 4.74 Å². The summed E-state index contributed by atoms with van der Waals surface area (Å²) in [5, 5.41) is 11.1. The van der Waals surface area contributed by atoms with Gasteiger partial charge in [0.05, 0.1) is 19.8 Å². The Balaban J connectivity index is 0.00000261. The van der Waals surface area contributed by atoms with E-state index in [1.54, 1.807) is 13.2 Å². The van der Waals surface area contributed by atoms with Gasteiger partial charge in [0, 0.05) is 32.5 Å². The zero-order valence-corrected chi connectivity index (χ0v) is 18.1. The standard InChI is InChI=1S/C20H27N5O.HI/c1-21-20(22-11-7-17-8-13-26-14-9-17)23-15-18-5-2-3-6-19(18)16-25-12-4-10-24-25;/h2-6,8,10,12H,7,9,11,13-16H2,1H3,(H2,21,22,23);1H. The van der Waals surface area contributed by atoms with Crippen molar-refractivity contribution in [3.63, 3.8) is 0 Å². The lowest BCUT2D eigenvalue weighted by molar-refractivity contribution is 0.153. The molecule has 0 atom stereocenters. The van der Waals surface area contributed by atoms with Crippen molar-refractivity contribution in [3.8, 4) is 0 Å². The highest BCUT2D eigenvalue weighted by Gasteiger charge is 2.06. The van der Waals surface area contributed by atoms with Crippen molar-refractivity contribution in [2.24, 2.45) is 4.99 Å². The lowest BCUT2D eigenvalue weighted by atomic mass is 10.1. The summed E-state index contributed by atoms with van der Waals surface area (Å²) in [6, 6.07) is 10.4. The molecule has 0 amide bonds. The molecule has 1 aliphatic heterocycles. The zero-order chi connectivity index (χ0) is 18.0. The number of ether oxygens (including phenoxy) is 1. The third-order valence-electron chi connectivity index (χ3n) is 4.48. The molecule has 7 heteroatoms. The molecule has 0 spiro atoms. The topological polar surface area (TPSA) is 63.5 Å². The van der Waals surface area contributed by atoms with Crippen molar-refractivity contribution in [3.05, 3.63) is 65.5 Å². The van der Waals surface area contributed by atoms with Gasteiger partial charge in [0.2, 0.25) is 0 Å². The first kappa shape index (κ1) is 21.4. The Hall–Kier alpha value is -1.87. The summed E-state index contributed by atoms with van der Waals surface area (Å²) in [4.78, 5) is 4.32. The van der Waals surface area contributed by atoms with E-state index < -0.39 is 0 Å². The Labute approximate surface area is 178 Å². The largest absolute Gasteiger partial charge is 0.377 e. The number of halogens is 1. The molecule has 146 valence electrons. The number of hydrogen-bond acceptors (Lipinski definition) is 3. The average molecular weight is 481 g/mol. The van der Waals surface area contributed by atoms with Crippen molar-refractivity contribution in [2.45, 2.75) is 25.9 Å². The van der Waals surface area contributed by atoms with Gasteiger partial charge in [-0.05, 0) is 30.0 Å². The normalized spacial score (nSPS) is 14.3. The van der Waals surface area contributed by atoms with E-state index in [1.807, 2.05) is 16.9 Å². The van der Waals surface area contributed by atoms with Crippen LogP contribution in [0.4, 0.5) is 0 Å². The summed E-state index contributed by atoms with van der Waals surface area (Å²) in [5.74, 6) is 0.826. The van der Waals surface area contributed by atoms with E-state index in [1.165, 1.54) is 16.7 Å². The van der Waals surface area contributed by atoms with Crippen molar-refractivity contribution in [1.29, 1.82) is 0 Å². The number of hydrogen-bond donors (Lipinski definition) is 2. The van der Waals surface area contributed by atoms with Gasteiger partial charge in [-0.3, -0.25) is 9.67 Å². The number of rotatable bonds is 7. The first-order valence-electron chi connectivity index (χ1n) is 9.09. The molecule has 0 saturated heterocycles. The van der Waals surface area contributed by atoms with Crippen LogP contribution in [0.5, 0.6) is 0 Å². The van der Waals surface area contributed by atoms with Gasteiger partial charge < -0.3 is 15.4 Å². The van der Waals surface area contributed by atoms with Crippen LogP contribution in [0.2, 0.25) is 0 Å². The van der Waals surface area contributed by atoms with Gasteiger partial charge in [0.25, 0.3) is 0 Å². The predicted molar refractivity (Wildman–Crippen MR) is 120 cm³/mol. The van der Waals surface area contributed by atoms with E-state index in [9.17, 15) is 0 Å². The molecule has 1 aromatic carbocycles. The van der Waals surface area contributed by atoms with Gasteiger partial charge in [0.1, 0.15) is 0 Å². The first-order valence-corrected chi connectivity index (χ1v) is 9.09. The maximum absolute atomic E-state index is 5.35. The van der Waals surface area contributed by atoms with E-state index in [-0.39, 0.29) is 24.0 Å². The molecular formula is C20H28IN5O. The molecule has 0 fully saturated rings. The first-order chi connectivity index (χ1) is 12.8. The predicted octanol–water partition coefficient (Wildman–Crippen LogP) is 2.95. The fourth-order valence-corrected chi connectivity index (χ4v) is 2.99. The maximum Gasteiger partial charge on any atom is 0.191 e. The second-order valence-corrected chi connectivity index (χ2v) is 6.26. The molecule has 0 saturated carbocycles. The van der Waals surface area contributed by atoms with Crippen LogP contribution in [-0.2, 0) is 17.8 Å². The Morgan fingerprint density at radius 1 is 1.22 bits per heavy atom. The number of benzene rings is 1. The van der Waals surface area contributed by atoms with E-state index in [0.717, 1.165) is 51.6 Å². The van der Waals surface area contributed by atoms with Crippen LogP contribution in [-0.4, -0.2) is 42.5 Å². The lowest BCUT2D eigenvalue weighted by Gasteiger charge is -2.16. The Morgan fingerprint density at radius 3 is 2.78 bits per heavy atom. The summed E-state index contributed by atoms with van der Waals surface area (Å²) in [6.07, 6.45) is 8.04. The summed E-state index contributed by atoms with van der Waals surface area (Å²) in [6.45, 7) is 3.96. The van der Waals surface area contributed by atoms with Crippen molar-refractivity contribution >= 4 is 29.9 Å². The second kappa shape index (κ2) is 11.8. The Bertz CT molecular complexity index is 743. The smallest absolute Gasteiger partial charge is 0.191 e. The Morgan fingerprint density at radius 2 is 2.07 bits per heavy atom. The van der Waals surface area contributed by atoms with Crippen LogP contribution in [0, 0.1) is 0 Å². The number of nitrogens with one attached hydrogen (secondary N) is 2.